The van der Waals surface area contributed by atoms with Crippen LogP contribution in [0.15, 0.2) is 28.5 Å². The number of unbranched alkanes of at least 4 members (excludes halogenated alkanes) is 1. The first kappa shape index (κ1) is 14.8. The highest BCUT2D eigenvalue weighted by molar-refractivity contribution is 5.96. The topological polar surface area (TPSA) is 44.7 Å². The van der Waals surface area contributed by atoms with E-state index in [2.05, 4.69) is 37.2 Å². The fourth-order valence-corrected chi connectivity index (χ4v) is 2.58. The third-order valence-electron chi connectivity index (χ3n) is 3.90. The predicted molar refractivity (Wildman–Crippen MR) is 82.5 cm³/mol. The van der Waals surface area contributed by atoms with Gasteiger partial charge in [0, 0.05) is 31.3 Å². The van der Waals surface area contributed by atoms with E-state index in [0.29, 0.717) is 5.70 Å². The molecule has 0 saturated heterocycles. The molecular weight excluding hydrogens is 250 g/mol. The highest BCUT2D eigenvalue weighted by Gasteiger charge is 2.27. The smallest absolute Gasteiger partial charge is 0.274 e. The third kappa shape index (κ3) is 3.30. The van der Waals surface area contributed by atoms with Crippen molar-refractivity contribution in [2.24, 2.45) is 10.9 Å². The number of amides is 1. The fourth-order valence-electron chi connectivity index (χ4n) is 2.58. The van der Waals surface area contributed by atoms with Crippen LogP contribution in [0.1, 0.15) is 40.0 Å². The van der Waals surface area contributed by atoms with E-state index in [0.717, 1.165) is 38.0 Å². The second-order valence-electron chi connectivity index (χ2n) is 5.68. The second-order valence-corrected chi connectivity index (χ2v) is 5.68. The maximum atomic E-state index is 12.7. The lowest BCUT2D eigenvalue weighted by atomic mass is 10.1. The van der Waals surface area contributed by atoms with Gasteiger partial charge in [-0.3, -0.25) is 9.79 Å². The van der Waals surface area contributed by atoms with E-state index in [1.807, 2.05) is 17.2 Å². The van der Waals surface area contributed by atoms with E-state index in [4.69, 9.17) is 0 Å². The number of hydrogen-bond donors (Lipinski definition) is 1. The Balaban J connectivity index is 2.20. The molecule has 0 saturated carbocycles. The number of carbonyl (C=O) groups is 1. The van der Waals surface area contributed by atoms with Gasteiger partial charge in [-0.15, -0.1) is 0 Å². The largest absolute Gasteiger partial charge is 0.381 e. The van der Waals surface area contributed by atoms with Gasteiger partial charge in [0.05, 0.1) is 5.70 Å². The molecule has 2 unspecified atom stereocenters. The first-order valence-corrected chi connectivity index (χ1v) is 7.65. The standard InChI is InChI=1S/C16H25N3O/c1-4-5-6-13(3)19-10-9-17-14-8-7-12(2)11-18-15(14)16(19)20/h7-8,11-13,17H,4-6,9-10H2,1-3H3. The van der Waals surface area contributed by atoms with Crippen LogP contribution in [0.5, 0.6) is 0 Å². The first-order valence-electron chi connectivity index (χ1n) is 7.65. The van der Waals surface area contributed by atoms with E-state index in [1.54, 1.807) is 0 Å². The molecule has 0 bridgehead atoms. The average molecular weight is 275 g/mol. The molecule has 0 aromatic rings. The number of aliphatic imine (C=N–C) groups is 1. The summed E-state index contributed by atoms with van der Waals surface area (Å²) < 4.78 is 0. The van der Waals surface area contributed by atoms with Gasteiger partial charge in [0.1, 0.15) is 0 Å². The molecule has 4 heteroatoms. The molecule has 110 valence electrons. The molecule has 2 aliphatic rings. The van der Waals surface area contributed by atoms with E-state index in [-0.39, 0.29) is 17.9 Å². The summed E-state index contributed by atoms with van der Waals surface area (Å²) in [6.45, 7) is 7.92. The Morgan fingerprint density at radius 3 is 3.10 bits per heavy atom. The molecule has 2 rings (SSSR count). The van der Waals surface area contributed by atoms with Crippen molar-refractivity contribution in [1.29, 1.82) is 0 Å². The molecular formula is C16H25N3O. The Morgan fingerprint density at radius 1 is 1.55 bits per heavy atom. The van der Waals surface area contributed by atoms with E-state index in [9.17, 15) is 4.79 Å². The van der Waals surface area contributed by atoms with Gasteiger partial charge in [-0.05, 0) is 19.4 Å². The normalized spacial score (nSPS) is 24.1. The Bertz CT molecular complexity index is 451. The van der Waals surface area contributed by atoms with E-state index >= 15 is 0 Å². The minimum atomic E-state index is 0.0589. The van der Waals surface area contributed by atoms with E-state index < -0.39 is 0 Å². The maximum Gasteiger partial charge on any atom is 0.274 e. The predicted octanol–water partition coefficient (Wildman–Crippen LogP) is 2.49. The maximum absolute atomic E-state index is 12.7. The van der Waals surface area contributed by atoms with Gasteiger partial charge in [-0.2, -0.15) is 0 Å². The van der Waals surface area contributed by atoms with Crippen molar-refractivity contribution < 1.29 is 4.79 Å². The lowest BCUT2D eigenvalue weighted by Crippen LogP contribution is -2.40. The minimum Gasteiger partial charge on any atom is -0.381 e. The monoisotopic (exact) mass is 275 g/mol. The molecule has 4 nitrogen and oxygen atoms in total. The molecule has 2 aliphatic heterocycles. The highest BCUT2D eigenvalue weighted by Crippen LogP contribution is 2.20. The van der Waals surface area contributed by atoms with Crippen molar-refractivity contribution in [2.45, 2.75) is 46.1 Å². The molecule has 20 heavy (non-hydrogen) atoms. The van der Waals surface area contributed by atoms with Crippen LogP contribution < -0.4 is 5.32 Å². The number of nitrogens with one attached hydrogen (secondary N) is 1. The highest BCUT2D eigenvalue weighted by atomic mass is 16.2. The molecule has 0 aliphatic carbocycles. The van der Waals surface area contributed by atoms with Gasteiger partial charge < -0.3 is 10.2 Å². The number of allylic oxidation sites excluding steroid dienone is 2. The van der Waals surface area contributed by atoms with Crippen LogP contribution in [0.4, 0.5) is 0 Å². The van der Waals surface area contributed by atoms with Crippen LogP contribution in [-0.2, 0) is 4.79 Å². The Labute approximate surface area is 121 Å². The minimum absolute atomic E-state index is 0.0589. The number of rotatable bonds is 4. The van der Waals surface area contributed by atoms with Crippen LogP contribution in [0.3, 0.4) is 0 Å². The summed E-state index contributed by atoms with van der Waals surface area (Å²) in [6.07, 6.45) is 9.29. The van der Waals surface area contributed by atoms with Gasteiger partial charge in [0.2, 0.25) is 0 Å². The summed E-state index contributed by atoms with van der Waals surface area (Å²) >= 11 is 0. The van der Waals surface area contributed by atoms with Crippen molar-refractivity contribution in [2.75, 3.05) is 13.1 Å². The molecule has 1 N–H and O–H groups in total. The summed E-state index contributed by atoms with van der Waals surface area (Å²) in [5.74, 6) is 0.325. The first-order chi connectivity index (χ1) is 9.63. The number of nitrogens with zero attached hydrogens (tertiary/aromatic N) is 2. The lowest BCUT2D eigenvalue weighted by molar-refractivity contribution is -0.128. The molecule has 0 fully saturated rings. The van der Waals surface area contributed by atoms with Crippen LogP contribution in [0, 0.1) is 5.92 Å². The molecule has 0 radical (unpaired) electrons. The van der Waals surface area contributed by atoms with Gasteiger partial charge >= 0.3 is 0 Å². The van der Waals surface area contributed by atoms with Crippen LogP contribution >= 0.6 is 0 Å². The van der Waals surface area contributed by atoms with Gasteiger partial charge in [-0.25, -0.2) is 0 Å². The van der Waals surface area contributed by atoms with Crippen molar-refractivity contribution >= 4 is 12.1 Å². The summed E-state index contributed by atoms with van der Waals surface area (Å²) in [5, 5.41) is 3.33. The molecule has 2 atom stereocenters. The average Bonchev–Trinajstić information content (AvgIpc) is 2.71. The number of hydrogen-bond acceptors (Lipinski definition) is 3. The van der Waals surface area contributed by atoms with Crippen molar-refractivity contribution in [3.05, 3.63) is 23.5 Å². The van der Waals surface area contributed by atoms with Crippen molar-refractivity contribution in [1.82, 2.24) is 10.2 Å². The molecule has 0 aromatic carbocycles. The zero-order chi connectivity index (χ0) is 14.5. The molecule has 0 spiro atoms. The third-order valence-corrected chi connectivity index (χ3v) is 3.90. The van der Waals surface area contributed by atoms with Crippen LogP contribution in [0.2, 0.25) is 0 Å². The van der Waals surface area contributed by atoms with Crippen molar-refractivity contribution in [3.63, 3.8) is 0 Å². The Morgan fingerprint density at radius 2 is 2.35 bits per heavy atom. The Hall–Kier alpha value is -1.58. The van der Waals surface area contributed by atoms with Gasteiger partial charge in [0.25, 0.3) is 5.91 Å². The lowest BCUT2D eigenvalue weighted by Gasteiger charge is -2.27. The fraction of sp³-hybridized carbons (Fsp3) is 0.625. The zero-order valence-corrected chi connectivity index (χ0v) is 12.7. The zero-order valence-electron chi connectivity index (χ0n) is 12.7. The van der Waals surface area contributed by atoms with E-state index in [1.165, 1.54) is 0 Å². The van der Waals surface area contributed by atoms with Crippen LogP contribution in [-0.4, -0.2) is 36.2 Å². The molecule has 2 heterocycles. The quantitative estimate of drug-likeness (QED) is 0.856. The summed E-state index contributed by atoms with van der Waals surface area (Å²) in [7, 11) is 0. The van der Waals surface area contributed by atoms with Crippen LogP contribution in [0.25, 0.3) is 0 Å². The second kappa shape index (κ2) is 6.73. The number of carbonyl (C=O) groups excluding carboxylic acids is 1. The summed E-state index contributed by atoms with van der Waals surface area (Å²) in [4.78, 5) is 19.1. The Kier molecular flexibility index (Phi) is 4.99. The van der Waals surface area contributed by atoms with Gasteiger partial charge in [0.15, 0.2) is 5.70 Å². The molecule has 0 aromatic heterocycles. The molecule has 1 amide bonds. The van der Waals surface area contributed by atoms with Gasteiger partial charge in [-0.1, -0.05) is 32.8 Å². The van der Waals surface area contributed by atoms with Crippen molar-refractivity contribution in [3.8, 4) is 0 Å². The summed E-state index contributed by atoms with van der Waals surface area (Å²) in [6, 6.07) is 0.274. The summed E-state index contributed by atoms with van der Waals surface area (Å²) in [5.41, 5.74) is 1.42. The SMILES string of the molecule is CCCCC(C)N1CCNC2=C(N=CC(C)C=C2)C1=O.